The molecule has 1 N–H and O–H groups in total. The quantitative estimate of drug-likeness (QED) is 0.922. The number of amides is 1. The Balaban J connectivity index is 2.27. The Morgan fingerprint density at radius 2 is 2.14 bits per heavy atom. The van der Waals surface area contributed by atoms with Gasteiger partial charge in [0.2, 0.25) is 5.91 Å². The zero-order valence-corrected chi connectivity index (χ0v) is 13.8. The number of nitrogens with one attached hydrogen (secondary N) is 1. The first kappa shape index (κ1) is 16.0. The summed E-state index contributed by atoms with van der Waals surface area (Å²) in [6.07, 6.45) is 3.42. The number of nitrogens with zero attached hydrogens (tertiary/aromatic N) is 1. The fourth-order valence-corrected chi connectivity index (χ4v) is 3.33. The number of carbonyl (C=O) groups is 1. The highest BCUT2D eigenvalue weighted by Gasteiger charge is 2.31. The molecule has 1 aliphatic heterocycles. The van der Waals surface area contributed by atoms with E-state index in [0.29, 0.717) is 0 Å². The van der Waals surface area contributed by atoms with Gasteiger partial charge in [-0.3, -0.25) is 4.79 Å². The predicted octanol–water partition coefficient (Wildman–Crippen LogP) is 3.21. The highest BCUT2D eigenvalue weighted by Crippen LogP contribution is 2.34. The standard InChI is InChI=1S/C18H28N2O/c1-13-8-7-9-16(15(13)3)17-10-5-6-11-20(17)18(21)14(2)12-19-4/h7-9,14,17,19H,5-6,10-12H2,1-4H3. The van der Waals surface area contributed by atoms with E-state index in [1.165, 1.54) is 23.1 Å². The van der Waals surface area contributed by atoms with Crippen LogP contribution in [0.5, 0.6) is 0 Å². The first-order valence-electron chi connectivity index (χ1n) is 8.07. The van der Waals surface area contributed by atoms with E-state index < -0.39 is 0 Å². The molecule has 0 radical (unpaired) electrons. The smallest absolute Gasteiger partial charge is 0.227 e. The molecule has 0 bridgehead atoms. The summed E-state index contributed by atoms with van der Waals surface area (Å²) in [5, 5.41) is 3.12. The fourth-order valence-electron chi connectivity index (χ4n) is 3.33. The number of rotatable bonds is 4. The number of benzene rings is 1. The van der Waals surface area contributed by atoms with Crippen LogP contribution in [0.25, 0.3) is 0 Å². The molecular weight excluding hydrogens is 260 g/mol. The maximum absolute atomic E-state index is 12.8. The minimum Gasteiger partial charge on any atom is -0.335 e. The molecule has 1 amide bonds. The summed E-state index contributed by atoms with van der Waals surface area (Å²) >= 11 is 0. The van der Waals surface area contributed by atoms with Crippen molar-refractivity contribution >= 4 is 5.91 Å². The molecule has 1 aromatic carbocycles. The van der Waals surface area contributed by atoms with Gasteiger partial charge < -0.3 is 10.2 Å². The lowest BCUT2D eigenvalue weighted by Crippen LogP contribution is -2.43. The summed E-state index contributed by atoms with van der Waals surface area (Å²) in [5.74, 6) is 0.329. The minimum atomic E-state index is 0.0423. The molecule has 116 valence electrons. The molecule has 0 saturated carbocycles. The van der Waals surface area contributed by atoms with E-state index in [1.54, 1.807) is 0 Å². The molecule has 3 heteroatoms. The van der Waals surface area contributed by atoms with Crippen molar-refractivity contribution in [3.05, 3.63) is 34.9 Å². The van der Waals surface area contributed by atoms with E-state index in [0.717, 1.165) is 25.9 Å². The van der Waals surface area contributed by atoms with Gasteiger partial charge in [0.1, 0.15) is 0 Å². The van der Waals surface area contributed by atoms with E-state index >= 15 is 0 Å². The molecule has 1 aliphatic rings. The Kier molecular flexibility index (Phi) is 5.40. The van der Waals surface area contributed by atoms with Crippen LogP contribution >= 0.6 is 0 Å². The molecule has 2 rings (SSSR count). The van der Waals surface area contributed by atoms with Gasteiger partial charge in [-0.05, 0) is 56.8 Å². The average Bonchev–Trinajstić information content (AvgIpc) is 2.49. The van der Waals surface area contributed by atoms with Gasteiger partial charge in [-0.15, -0.1) is 0 Å². The van der Waals surface area contributed by atoms with Gasteiger partial charge in [0.25, 0.3) is 0 Å². The maximum atomic E-state index is 12.8. The van der Waals surface area contributed by atoms with Crippen molar-refractivity contribution in [3.8, 4) is 0 Å². The van der Waals surface area contributed by atoms with E-state index in [1.807, 2.05) is 14.0 Å². The normalized spacial score (nSPS) is 20.4. The molecule has 2 unspecified atom stereocenters. The molecule has 1 aromatic rings. The van der Waals surface area contributed by atoms with Gasteiger partial charge in [-0.2, -0.15) is 0 Å². The molecule has 1 heterocycles. The van der Waals surface area contributed by atoms with Crippen LogP contribution in [-0.4, -0.2) is 30.9 Å². The summed E-state index contributed by atoms with van der Waals surface area (Å²) in [6.45, 7) is 7.99. The first-order valence-corrected chi connectivity index (χ1v) is 8.07. The molecule has 0 aromatic heterocycles. The molecule has 0 aliphatic carbocycles. The van der Waals surface area contributed by atoms with Crippen molar-refractivity contribution in [2.75, 3.05) is 20.1 Å². The zero-order chi connectivity index (χ0) is 15.4. The van der Waals surface area contributed by atoms with Crippen molar-refractivity contribution in [2.45, 2.75) is 46.1 Å². The highest BCUT2D eigenvalue weighted by atomic mass is 16.2. The second-order valence-corrected chi connectivity index (χ2v) is 6.29. The van der Waals surface area contributed by atoms with Crippen LogP contribution in [0.15, 0.2) is 18.2 Å². The second-order valence-electron chi connectivity index (χ2n) is 6.29. The Morgan fingerprint density at radius 1 is 1.38 bits per heavy atom. The summed E-state index contributed by atoms with van der Waals surface area (Å²) in [6, 6.07) is 6.72. The Bertz CT molecular complexity index is 498. The van der Waals surface area contributed by atoms with Crippen LogP contribution in [0.1, 0.15) is 48.9 Å². The monoisotopic (exact) mass is 288 g/mol. The van der Waals surface area contributed by atoms with Crippen LogP contribution in [-0.2, 0) is 4.79 Å². The van der Waals surface area contributed by atoms with Crippen LogP contribution in [0, 0.1) is 19.8 Å². The molecule has 2 atom stereocenters. The number of likely N-dealkylation sites (tertiary alicyclic amines) is 1. The van der Waals surface area contributed by atoms with Gasteiger partial charge in [0.15, 0.2) is 0 Å². The second kappa shape index (κ2) is 7.08. The number of hydrogen-bond acceptors (Lipinski definition) is 2. The molecule has 0 spiro atoms. The van der Waals surface area contributed by atoms with E-state index in [4.69, 9.17) is 0 Å². The molecular formula is C18H28N2O. The third-order valence-electron chi connectivity index (χ3n) is 4.72. The summed E-state index contributed by atoms with van der Waals surface area (Å²) in [7, 11) is 1.90. The van der Waals surface area contributed by atoms with Gasteiger partial charge in [-0.1, -0.05) is 25.1 Å². The lowest BCUT2D eigenvalue weighted by atomic mass is 9.89. The lowest BCUT2D eigenvalue weighted by molar-refractivity contribution is -0.138. The first-order chi connectivity index (χ1) is 10.1. The number of hydrogen-bond donors (Lipinski definition) is 1. The highest BCUT2D eigenvalue weighted by molar-refractivity contribution is 5.79. The van der Waals surface area contributed by atoms with Gasteiger partial charge in [0, 0.05) is 19.0 Å². The summed E-state index contributed by atoms with van der Waals surface area (Å²) < 4.78 is 0. The van der Waals surface area contributed by atoms with Crippen molar-refractivity contribution in [1.29, 1.82) is 0 Å². The SMILES string of the molecule is CNCC(C)C(=O)N1CCCCC1c1cccc(C)c1C. The summed E-state index contributed by atoms with van der Waals surface area (Å²) in [5.41, 5.74) is 3.98. The number of carbonyl (C=O) groups excluding carboxylic acids is 1. The van der Waals surface area contributed by atoms with Gasteiger partial charge in [0.05, 0.1) is 6.04 Å². The Labute approximate surface area is 128 Å². The average molecular weight is 288 g/mol. The van der Waals surface area contributed by atoms with Gasteiger partial charge >= 0.3 is 0 Å². The van der Waals surface area contributed by atoms with Crippen LogP contribution in [0.3, 0.4) is 0 Å². The Morgan fingerprint density at radius 3 is 2.86 bits per heavy atom. The fraction of sp³-hybridized carbons (Fsp3) is 0.611. The van der Waals surface area contributed by atoms with E-state index in [9.17, 15) is 4.79 Å². The van der Waals surface area contributed by atoms with Crippen molar-refractivity contribution in [1.82, 2.24) is 10.2 Å². The van der Waals surface area contributed by atoms with Gasteiger partial charge in [-0.25, -0.2) is 0 Å². The van der Waals surface area contributed by atoms with E-state index in [2.05, 4.69) is 42.3 Å². The zero-order valence-electron chi connectivity index (χ0n) is 13.8. The van der Waals surface area contributed by atoms with Crippen LogP contribution in [0.4, 0.5) is 0 Å². The van der Waals surface area contributed by atoms with Crippen molar-refractivity contribution < 1.29 is 4.79 Å². The maximum Gasteiger partial charge on any atom is 0.227 e. The van der Waals surface area contributed by atoms with E-state index in [-0.39, 0.29) is 17.9 Å². The van der Waals surface area contributed by atoms with Crippen molar-refractivity contribution in [3.63, 3.8) is 0 Å². The van der Waals surface area contributed by atoms with Crippen molar-refractivity contribution in [2.24, 2.45) is 5.92 Å². The minimum absolute atomic E-state index is 0.0423. The summed E-state index contributed by atoms with van der Waals surface area (Å²) in [4.78, 5) is 14.9. The lowest BCUT2D eigenvalue weighted by Gasteiger charge is -2.38. The molecule has 3 nitrogen and oxygen atoms in total. The third-order valence-corrected chi connectivity index (χ3v) is 4.72. The molecule has 1 fully saturated rings. The third kappa shape index (κ3) is 3.46. The Hall–Kier alpha value is -1.35. The largest absolute Gasteiger partial charge is 0.335 e. The number of piperidine rings is 1. The number of aryl methyl sites for hydroxylation is 1. The van der Waals surface area contributed by atoms with Crippen LogP contribution < -0.4 is 5.32 Å². The topological polar surface area (TPSA) is 32.3 Å². The molecule has 21 heavy (non-hydrogen) atoms. The predicted molar refractivity (Wildman–Crippen MR) is 87.3 cm³/mol. The molecule has 1 saturated heterocycles. The van der Waals surface area contributed by atoms with Crippen LogP contribution in [0.2, 0.25) is 0 Å².